The maximum absolute atomic E-state index is 11.3. The van der Waals surface area contributed by atoms with E-state index < -0.39 is 0 Å². The molecule has 0 atom stereocenters. The van der Waals surface area contributed by atoms with Gasteiger partial charge in [0.1, 0.15) is 0 Å². The van der Waals surface area contributed by atoms with Crippen LogP contribution in [0.2, 0.25) is 0 Å². The Bertz CT molecular complexity index is 361. The lowest BCUT2D eigenvalue weighted by Gasteiger charge is -2.14. The van der Waals surface area contributed by atoms with E-state index in [1.807, 2.05) is 37.3 Å². The van der Waals surface area contributed by atoms with E-state index in [1.165, 1.54) is 6.92 Å². The van der Waals surface area contributed by atoms with Crippen molar-refractivity contribution in [2.45, 2.75) is 13.8 Å². The highest BCUT2D eigenvalue weighted by atomic mass is 16.2. The molecule has 2 nitrogen and oxygen atoms in total. The van der Waals surface area contributed by atoms with Crippen LogP contribution in [0.5, 0.6) is 0 Å². The average Bonchev–Trinajstić information content (AvgIpc) is 2.19. The molecule has 0 saturated heterocycles. The first-order valence-electron chi connectivity index (χ1n) is 4.47. The van der Waals surface area contributed by atoms with Crippen molar-refractivity contribution in [3.63, 3.8) is 0 Å². The summed E-state index contributed by atoms with van der Waals surface area (Å²) < 4.78 is 0. The zero-order chi connectivity index (χ0) is 10.4. The quantitative estimate of drug-likeness (QED) is 0.652. The molecule has 2 heteroatoms. The normalized spacial score (nSPS) is 8.71. The van der Waals surface area contributed by atoms with E-state index in [4.69, 9.17) is 0 Å². The Labute approximate surface area is 84.2 Å². The van der Waals surface area contributed by atoms with Crippen LogP contribution in [0, 0.1) is 0 Å². The van der Waals surface area contributed by atoms with Crippen LogP contribution in [-0.2, 0) is 4.79 Å². The van der Waals surface area contributed by atoms with Gasteiger partial charge in [-0.25, -0.2) is 0 Å². The van der Waals surface area contributed by atoms with Gasteiger partial charge in [-0.15, -0.1) is 5.73 Å². The fraction of sp³-hybridized carbons (Fsp3) is 0.167. The number of hydrogen-bond donors (Lipinski definition) is 0. The predicted molar refractivity (Wildman–Crippen MR) is 57.9 cm³/mol. The lowest BCUT2D eigenvalue weighted by molar-refractivity contribution is -0.115. The number of anilines is 1. The van der Waals surface area contributed by atoms with Crippen LogP contribution in [0.3, 0.4) is 0 Å². The number of amides is 1. The molecule has 1 amide bonds. The highest BCUT2D eigenvalue weighted by Gasteiger charge is 2.05. The summed E-state index contributed by atoms with van der Waals surface area (Å²) in [5.41, 5.74) is 3.74. The van der Waals surface area contributed by atoms with Crippen molar-refractivity contribution >= 4 is 11.6 Å². The van der Waals surface area contributed by atoms with Crippen LogP contribution in [0.1, 0.15) is 13.8 Å². The van der Waals surface area contributed by atoms with Crippen molar-refractivity contribution < 1.29 is 4.79 Å². The van der Waals surface area contributed by atoms with Crippen LogP contribution in [0.15, 0.2) is 48.3 Å². The van der Waals surface area contributed by atoms with E-state index >= 15 is 0 Å². The van der Waals surface area contributed by atoms with Crippen LogP contribution < -0.4 is 4.90 Å². The van der Waals surface area contributed by atoms with Crippen molar-refractivity contribution in [2.24, 2.45) is 0 Å². The third-order valence-corrected chi connectivity index (χ3v) is 1.74. The molecular formula is C12H13NO. The monoisotopic (exact) mass is 187 g/mol. The van der Waals surface area contributed by atoms with Crippen LogP contribution >= 0.6 is 0 Å². The molecule has 0 aliphatic heterocycles. The summed E-state index contributed by atoms with van der Waals surface area (Å²) in [6.07, 6.45) is 3.40. The number of carbonyl (C=O) groups excluding carboxylic acids is 1. The first-order valence-corrected chi connectivity index (χ1v) is 4.47. The maximum Gasteiger partial charge on any atom is 0.228 e. The molecule has 0 saturated carbocycles. The number of benzene rings is 1. The smallest absolute Gasteiger partial charge is 0.228 e. The van der Waals surface area contributed by atoms with E-state index in [1.54, 1.807) is 17.2 Å². The standard InChI is InChI=1S/C12H13NO/c1-3-4-10-13(11(2)14)12-8-6-5-7-9-12/h3,5-10H,1-2H3. The molecule has 0 radical (unpaired) electrons. The Morgan fingerprint density at radius 2 is 2.00 bits per heavy atom. The zero-order valence-corrected chi connectivity index (χ0v) is 8.40. The highest BCUT2D eigenvalue weighted by molar-refractivity contribution is 5.93. The van der Waals surface area contributed by atoms with Crippen LogP contribution in [0.25, 0.3) is 0 Å². The second-order valence-electron chi connectivity index (χ2n) is 2.81. The maximum atomic E-state index is 11.3. The summed E-state index contributed by atoms with van der Waals surface area (Å²) in [5, 5.41) is 0. The molecule has 0 N–H and O–H groups in total. The summed E-state index contributed by atoms with van der Waals surface area (Å²) in [7, 11) is 0. The number of rotatable bonds is 2. The Hall–Kier alpha value is -1.79. The number of para-hydroxylation sites is 1. The molecule has 0 aromatic heterocycles. The lowest BCUT2D eigenvalue weighted by Crippen LogP contribution is -2.21. The second-order valence-corrected chi connectivity index (χ2v) is 2.81. The summed E-state index contributed by atoms with van der Waals surface area (Å²) in [5.74, 6) is -0.0226. The minimum absolute atomic E-state index is 0.0226. The third kappa shape index (κ3) is 2.61. The molecule has 0 spiro atoms. The SMILES string of the molecule is CC=C=CN(C(C)=O)c1ccccc1. The van der Waals surface area contributed by atoms with Gasteiger partial charge in [0.15, 0.2) is 0 Å². The minimum atomic E-state index is -0.0226. The van der Waals surface area contributed by atoms with Gasteiger partial charge < -0.3 is 0 Å². The highest BCUT2D eigenvalue weighted by Crippen LogP contribution is 2.13. The Morgan fingerprint density at radius 1 is 1.36 bits per heavy atom. The molecule has 0 heterocycles. The van der Waals surface area contributed by atoms with Gasteiger partial charge >= 0.3 is 0 Å². The topological polar surface area (TPSA) is 20.3 Å². The molecule has 0 fully saturated rings. The molecule has 1 aromatic rings. The summed E-state index contributed by atoms with van der Waals surface area (Å²) >= 11 is 0. The summed E-state index contributed by atoms with van der Waals surface area (Å²) in [6, 6.07) is 9.48. The van der Waals surface area contributed by atoms with Crippen molar-refractivity contribution in [3.05, 3.63) is 48.3 Å². The predicted octanol–water partition coefficient (Wildman–Crippen LogP) is 2.73. The van der Waals surface area contributed by atoms with Gasteiger partial charge in [0.25, 0.3) is 0 Å². The van der Waals surface area contributed by atoms with Gasteiger partial charge in [0.05, 0.1) is 6.20 Å². The molecule has 0 aliphatic carbocycles. The van der Waals surface area contributed by atoms with Gasteiger partial charge in [0, 0.05) is 12.6 Å². The van der Waals surface area contributed by atoms with Gasteiger partial charge in [-0.05, 0) is 25.1 Å². The summed E-state index contributed by atoms with van der Waals surface area (Å²) in [6.45, 7) is 3.39. The Balaban J connectivity index is 3.01. The molecule has 0 unspecified atom stereocenters. The molecule has 0 bridgehead atoms. The zero-order valence-electron chi connectivity index (χ0n) is 8.40. The molecule has 1 aromatic carbocycles. The number of allylic oxidation sites excluding steroid dienone is 1. The molecule has 0 aliphatic rings. The van der Waals surface area contributed by atoms with E-state index in [0.29, 0.717) is 0 Å². The van der Waals surface area contributed by atoms with Gasteiger partial charge in [-0.2, -0.15) is 0 Å². The fourth-order valence-electron chi connectivity index (χ4n) is 1.08. The lowest BCUT2D eigenvalue weighted by atomic mass is 10.3. The second kappa shape index (κ2) is 5.05. The van der Waals surface area contributed by atoms with E-state index in [9.17, 15) is 4.79 Å². The van der Waals surface area contributed by atoms with E-state index in [-0.39, 0.29) is 5.91 Å². The number of nitrogens with zero attached hydrogens (tertiary/aromatic N) is 1. The third-order valence-electron chi connectivity index (χ3n) is 1.74. The first kappa shape index (κ1) is 10.3. The van der Waals surface area contributed by atoms with Crippen molar-refractivity contribution in [3.8, 4) is 0 Å². The molecule has 14 heavy (non-hydrogen) atoms. The Morgan fingerprint density at radius 3 is 2.50 bits per heavy atom. The fourth-order valence-corrected chi connectivity index (χ4v) is 1.08. The van der Waals surface area contributed by atoms with Crippen molar-refractivity contribution in [2.75, 3.05) is 4.90 Å². The largest absolute Gasteiger partial charge is 0.281 e. The molecule has 1 rings (SSSR count). The van der Waals surface area contributed by atoms with Gasteiger partial charge in [0.2, 0.25) is 5.91 Å². The average molecular weight is 187 g/mol. The van der Waals surface area contributed by atoms with Crippen molar-refractivity contribution in [1.82, 2.24) is 0 Å². The van der Waals surface area contributed by atoms with Crippen molar-refractivity contribution in [1.29, 1.82) is 0 Å². The van der Waals surface area contributed by atoms with Gasteiger partial charge in [-0.3, -0.25) is 9.69 Å². The number of carbonyl (C=O) groups is 1. The molecular weight excluding hydrogens is 174 g/mol. The first-order chi connectivity index (χ1) is 6.75. The summed E-state index contributed by atoms with van der Waals surface area (Å²) in [4.78, 5) is 12.8. The van der Waals surface area contributed by atoms with E-state index in [0.717, 1.165) is 5.69 Å². The minimum Gasteiger partial charge on any atom is -0.281 e. The molecule has 72 valence electrons. The van der Waals surface area contributed by atoms with Crippen LogP contribution in [-0.4, -0.2) is 5.91 Å². The van der Waals surface area contributed by atoms with E-state index in [2.05, 4.69) is 5.73 Å². The van der Waals surface area contributed by atoms with Gasteiger partial charge in [-0.1, -0.05) is 18.2 Å². The van der Waals surface area contributed by atoms with Crippen LogP contribution in [0.4, 0.5) is 5.69 Å². The number of hydrogen-bond acceptors (Lipinski definition) is 1. The Kier molecular flexibility index (Phi) is 3.71.